The number of aliphatic hydroxyl groups excluding tert-OH is 2. The van der Waals surface area contributed by atoms with Crippen LogP contribution in [0.2, 0.25) is 0 Å². The minimum absolute atomic E-state index is 0. The molecule has 11 aromatic rings. The molecule has 2 aliphatic carbocycles. The number of rotatable bonds is 23. The van der Waals surface area contributed by atoms with Crippen molar-refractivity contribution in [1.29, 1.82) is 10.8 Å². The molecule has 0 atom stereocenters. The van der Waals surface area contributed by atoms with E-state index in [4.69, 9.17) is 42.2 Å². The van der Waals surface area contributed by atoms with Gasteiger partial charge in [-0.05, 0) is 137 Å². The predicted molar refractivity (Wildman–Crippen MR) is 502 cm³/mol. The van der Waals surface area contributed by atoms with Crippen LogP contribution in [0.1, 0.15) is 15.3 Å². The number of aliphatic hydroxyl groups is 2. The Morgan fingerprint density at radius 1 is 0.511 bits per heavy atom. The summed E-state index contributed by atoms with van der Waals surface area (Å²) in [5, 5.41) is 193. The van der Waals surface area contributed by atoms with Crippen LogP contribution < -0.4 is 73.8 Å². The van der Waals surface area contributed by atoms with Crippen LogP contribution in [-0.2, 0) is 54.6 Å². The number of nitrogens with zero attached hydrogens (tertiary/aromatic N) is 28. The normalized spacial score (nSPS) is 12.5. The molecule has 137 heavy (non-hydrogen) atoms. The van der Waals surface area contributed by atoms with E-state index in [1.54, 1.807) is 0 Å². The third-order valence-electron chi connectivity index (χ3n) is 15.0. The van der Waals surface area contributed by atoms with E-state index >= 15 is 0 Å². The van der Waals surface area contributed by atoms with Gasteiger partial charge in [-0.1, -0.05) is 46.7 Å². The molecule has 0 amide bonds. The second-order valence-electron chi connectivity index (χ2n) is 25.3. The molecule has 5 aromatic carbocycles. The molecular formula is C73H88CoN38O21S4. The van der Waals surface area contributed by atoms with Gasteiger partial charge < -0.3 is 111 Å². The predicted octanol–water partition coefficient (Wildman–Crippen LogP) is 8.55. The number of carbonyl (C=O) groups is 2. The van der Waals surface area contributed by atoms with Crippen LogP contribution in [0.25, 0.3) is 0 Å². The third-order valence-corrected chi connectivity index (χ3v) is 18.4. The molecule has 0 aliphatic heterocycles. The standard InChI is InChI=1S/C27H34N10.3C9H6N4O4S.2C7H7N3O2.C3H4N4O2S.2CH5N3.Co.3H2O.H2/c1-27(2,19-28-21-7-11-23(12-8-21)30-32-25-34(3)15-16-35(25)4)20-29-22-9-13-24(14-10-22)31-33-26-36(5)17-18-37(26)6;3*14-5-1-2-6(7(15)3-5)11-12-9-10-4-8(18-9)13(16)17;2*8-4-9-10-6-2-1-5(11)3-7(6)12;4-6-3-5-1-2(10-3)7(8)9;2*2-1-4-3;;;;;/h7-18H,19-20H2,1-6H3;2*1-4H,(H2,10,12,14,15);1-4,14-15H;2*1-4,8,11-12H;1H,4H2,(H,5,6);2*1H,3H2,(H2,2,4);;3*1H2;1H. The van der Waals surface area contributed by atoms with E-state index in [0.717, 1.165) is 174 Å². The molecule has 59 nitrogen and oxygen atoms in total. The summed E-state index contributed by atoms with van der Waals surface area (Å²) in [7, 11) is 7.80. The Morgan fingerprint density at radius 2 is 0.869 bits per heavy atom. The van der Waals surface area contributed by atoms with Crippen LogP contribution in [-0.4, -0.2) is 158 Å². The molecule has 0 fully saturated rings. The van der Waals surface area contributed by atoms with Gasteiger partial charge in [-0.25, -0.2) is 34.1 Å². The van der Waals surface area contributed by atoms with Crippen LogP contribution in [0, 0.1) is 56.7 Å². The van der Waals surface area contributed by atoms with E-state index in [2.05, 4.69) is 155 Å². The summed E-state index contributed by atoms with van der Waals surface area (Å²) in [4.78, 5) is 75.6. The molecule has 0 saturated carbocycles. The Hall–Kier alpha value is -18.1. The maximum Gasteiger partial charge on any atom is 0.421 e. The average molecular weight is 2020 g/mol. The van der Waals surface area contributed by atoms with Gasteiger partial charge in [0.25, 0.3) is 0 Å². The number of phenols is 6. The number of nitro groups is 4. The van der Waals surface area contributed by atoms with E-state index in [9.17, 15) is 65.4 Å². The number of hydrogen-bond donors (Lipinski definition) is 18. The zero-order valence-electron chi connectivity index (χ0n) is 71.7. The minimum Gasteiger partial charge on any atom is -0.508 e. The van der Waals surface area contributed by atoms with Crippen molar-refractivity contribution >= 4 is 176 Å². The molecule has 0 unspecified atom stereocenters. The molecular weight excluding hydrogens is 1930 g/mol. The third kappa shape index (κ3) is 42.1. The minimum atomic E-state index is -0.583. The smallest absolute Gasteiger partial charge is 0.421 e. The van der Waals surface area contributed by atoms with Gasteiger partial charge in [0.1, 0.15) is 124 Å². The summed E-state index contributed by atoms with van der Waals surface area (Å²) in [5.41, 5.74) is 15.9. The first kappa shape index (κ1) is 117. The number of hydrazone groups is 2. The Kier molecular flexibility index (Phi) is 51.8. The van der Waals surface area contributed by atoms with Gasteiger partial charge in [0, 0.05) is 105 Å². The van der Waals surface area contributed by atoms with Gasteiger partial charge in [-0.3, -0.25) is 76.5 Å². The van der Waals surface area contributed by atoms with Gasteiger partial charge in [-0.2, -0.15) is 10.2 Å². The fraction of sp³-hybridized carbons (Fsp3) is 0.123. The number of aryl methyl sites for hydroxylation is 4. The number of hydrazine groups is 1. The quantitative estimate of drug-likeness (QED) is 0.00416. The summed E-state index contributed by atoms with van der Waals surface area (Å²) >= 11 is 3.17. The van der Waals surface area contributed by atoms with Crippen molar-refractivity contribution in [3.05, 3.63) is 251 Å². The van der Waals surface area contributed by atoms with E-state index < -0.39 is 19.7 Å². The molecule has 29 N–H and O–H groups in total. The largest absolute Gasteiger partial charge is 0.508 e. The average Bonchev–Trinajstić information content (AvgIpc) is 1.72. The second kappa shape index (κ2) is 60.7. The van der Waals surface area contributed by atoms with Crippen LogP contribution in [0.3, 0.4) is 0 Å². The van der Waals surface area contributed by atoms with Gasteiger partial charge in [0.2, 0.25) is 10.3 Å². The monoisotopic (exact) mass is 2020 g/mol. The van der Waals surface area contributed by atoms with E-state index in [1.165, 1.54) is 60.7 Å². The number of hydrogen-bond acceptors (Lipinski definition) is 46. The number of aromatic nitrogens is 8. The molecule has 6 aromatic heterocycles. The number of nitrogens with two attached hydrogens (primary N) is 5. The molecule has 13 rings (SSSR count). The van der Waals surface area contributed by atoms with Crippen LogP contribution in [0.15, 0.2) is 282 Å². The van der Waals surface area contributed by atoms with E-state index in [1.807, 2.05) is 120 Å². The fourth-order valence-electron chi connectivity index (χ4n) is 8.70. The Morgan fingerprint density at radius 3 is 1.16 bits per heavy atom. The number of phenolic OH excluding ortho intramolecular Hbond substituents is 6. The van der Waals surface area contributed by atoms with E-state index in [0.29, 0.717) is 5.13 Å². The summed E-state index contributed by atoms with van der Waals surface area (Å²) in [6.07, 6.45) is 22.8. The topological polar surface area (TPSA) is 946 Å². The number of thiazole rings is 4. The first-order valence-electron chi connectivity index (χ1n) is 36.3. The van der Waals surface area contributed by atoms with Gasteiger partial charge in [0.05, 0.1) is 72.7 Å². The number of azo groups is 5. The van der Waals surface area contributed by atoms with Crippen molar-refractivity contribution in [3.8, 4) is 34.5 Å². The summed E-state index contributed by atoms with van der Waals surface area (Å²) < 4.78 is 7.73. The summed E-state index contributed by atoms with van der Waals surface area (Å²) in [6.45, 7) is 6.11. The van der Waals surface area contributed by atoms with Crippen LogP contribution >= 0.6 is 45.3 Å². The molecule has 1 radical (unpaired) electrons. The Labute approximate surface area is 797 Å². The first-order chi connectivity index (χ1) is 63.4. The summed E-state index contributed by atoms with van der Waals surface area (Å²) in [5.74, 6) is 13.4. The number of nitrogens with one attached hydrogen (secondary N) is 5. The Balaban J connectivity index is 0.00000162. The van der Waals surface area contributed by atoms with Crippen molar-refractivity contribution in [2.24, 2.45) is 144 Å². The molecule has 2 aliphatic rings. The number of aromatic hydroxyl groups is 6. The van der Waals surface area contributed by atoms with Gasteiger partial charge >= 0.3 is 31.9 Å². The van der Waals surface area contributed by atoms with Crippen LogP contribution in [0.5, 0.6) is 34.5 Å². The maximum absolute atomic E-state index is 10.9. The van der Waals surface area contributed by atoms with E-state index in [-0.39, 0.29) is 161 Å². The number of benzene rings is 5. The van der Waals surface area contributed by atoms with Crippen molar-refractivity contribution in [2.75, 3.05) is 29.1 Å². The number of anilines is 3. The molecule has 729 valence electrons. The summed E-state index contributed by atoms with van der Waals surface area (Å²) in [6, 6.07) is 27.7. The molecule has 0 bridgehead atoms. The van der Waals surface area contributed by atoms with Crippen LogP contribution in [0.4, 0.5) is 82.0 Å². The number of nitrogen functional groups attached to an aromatic ring is 1. The zero-order chi connectivity index (χ0) is 98.1. The number of allylic oxidation sites excluding steroid dienone is 6. The van der Waals surface area contributed by atoms with Crippen molar-refractivity contribution in [1.82, 2.24) is 29.1 Å². The van der Waals surface area contributed by atoms with Crippen molar-refractivity contribution in [3.63, 3.8) is 0 Å². The molecule has 0 spiro atoms. The Bertz CT molecular complexity index is 6090. The molecule has 0 saturated heterocycles. The second-order valence-corrected chi connectivity index (χ2v) is 29.3. The van der Waals surface area contributed by atoms with Gasteiger partial charge in [-0.15, -0.1) is 30.7 Å². The zero-order valence-corrected chi connectivity index (χ0v) is 76.0. The van der Waals surface area contributed by atoms with Gasteiger partial charge in [0.15, 0.2) is 11.6 Å². The molecule has 6 heterocycles. The maximum atomic E-state index is 10.9. The number of imidazole rings is 2. The first-order valence-corrected chi connectivity index (χ1v) is 39.6. The van der Waals surface area contributed by atoms with Crippen molar-refractivity contribution < 1.29 is 114 Å². The molecule has 64 heteroatoms. The number of carbonyl (C=O) groups excluding carboxylic acids is 2. The fourth-order valence-corrected chi connectivity index (χ4v) is 10.9. The number of ketones is 2. The van der Waals surface area contributed by atoms with Crippen molar-refractivity contribution in [2.45, 2.75) is 13.8 Å². The SMILES string of the molecule is Cn1cc[n+](C)c1N=Nc1ccc(NCC(C)(C)CNc2ccc(N=Nc3n(C)cc[n+]3C)cc2)cc1.N/C=N\N.N/C=N\N.N=CN=Nc1ccc(O)cc1O.N=CN=Nc1ccc(O)cc1O.NNc1ncc([N+](=O)[O-])s1.O.O.O.O=C1C=CC(=NN=c2[n-]cc([N+](=O)[O-])s2)C(O)=C1.O=C1C=CC(=NN=c2[n-]cc([N+](=O)[O-])s2)C(O)=C1.O=[N+]([O-])c1cnc(N=Nc2ccc(O)cc2O)s1.[Co].[HH].